The standard InChI is InChI=1S/C9H13N3O2/c1-2-14-7-8(13)6-12-4-3-11-9(12)5-10/h3-4,8,13H,2,6-7H2,1H3. The van der Waals surface area contributed by atoms with E-state index in [4.69, 9.17) is 10.00 Å². The van der Waals surface area contributed by atoms with E-state index >= 15 is 0 Å². The van der Waals surface area contributed by atoms with E-state index in [9.17, 15) is 5.11 Å². The fourth-order valence-electron chi connectivity index (χ4n) is 1.10. The van der Waals surface area contributed by atoms with Crippen molar-refractivity contribution in [2.24, 2.45) is 0 Å². The second-order valence-corrected chi connectivity index (χ2v) is 2.83. The molecule has 0 fully saturated rings. The number of aliphatic hydroxyl groups excluding tert-OH is 1. The third-order valence-corrected chi connectivity index (χ3v) is 1.74. The summed E-state index contributed by atoms with van der Waals surface area (Å²) in [5, 5.41) is 18.1. The van der Waals surface area contributed by atoms with Crippen molar-refractivity contribution in [3.05, 3.63) is 18.2 Å². The number of nitriles is 1. The minimum atomic E-state index is -0.601. The van der Waals surface area contributed by atoms with Crippen molar-refractivity contribution in [3.63, 3.8) is 0 Å². The van der Waals surface area contributed by atoms with Gasteiger partial charge in [-0.2, -0.15) is 5.26 Å². The van der Waals surface area contributed by atoms with Crippen LogP contribution in [0, 0.1) is 11.3 Å². The smallest absolute Gasteiger partial charge is 0.212 e. The zero-order chi connectivity index (χ0) is 10.4. The number of rotatable bonds is 5. The van der Waals surface area contributed by atoms with Crippen LogP contribution in [0.2, 0.25) is 0 Å². The maximum Gasteiger partial charge on any atom is 0.212 e. The topological polar surface area (TPSA) is 71.1 Å². The first-order valence-corrected chi connectivity index (χ1v) is 4.45. The molecule has 1 heterocycles. The Morgan fingerprint density at radius 2 is 2.57 bits per heavy atom. The summed E-state index contributed by atoms with van der Waals surface area (Å²) in [6, 6.07) is 1.94. The maximum absolute atomic E-state index is 9.49. The SMILES string of the molecule is CCOCC(O)Cn1ccnc1C#N. The highest BCUT2D eigenvalue weighted by Crippen LogP contribution is 1.98. The van der Waals surface area contributed by atoms with Crippen molar-refractivity contribution in [1.29, 1.82) is 5.26 Å². The van der Waals surface area contributed by atoms with E-state index in [1.165, 1.54) is 6.20 Å². The second kappa shape index (κ2) is 5.37. The number of hydrogen-bond donors (Lipinski definition) is 1. The van der Waals surface area contributed by atoms with Gasteiger partial charge in [0.25, 0.3) is 0 Å². The average Bonchev–Trinajstić information content (AvgIpc) is 2.62. The third-order valence-electron chi connectivity index (χ3n) is 1.74. The highest BCUT2D eigenvalue weighted by Gasteiger charge is 2.08. The summed E-state index contributed by atoms with van der Waals surface area (Å²) in [5.74, 6) is 0.306. The van der Waals surface area contributed by atoms with Crippen LogP contribution in [0.5, 0.6) is 0 Å². The molecule has 0 aromatic carbocycles. The molecule has 1 N–H and O–H groups in total. The quantitative estimate of drug-likeness (QED) is 0.726. The lowest BCUT2D eigenvalue weighted by molar-refractivity contribution is 0.0334. The first-order chi connectivity index (χ1) is 6.77. The van der Waals surface area contributed by atoms with Crippen molar-refractivity contribution in [1.82, 2.24) is 9.55 Å². The zero-order valence-electron chi connectivity index (χ0n) is 8.05. The number of aliphatic hydroxyl groups is 1. The van der Waals surface area contributed by atoms with Gasteiger partial charge in [0.15, 0.2) is 0 Å². The molecule has 0 spiro atoms. The minimum absolute atomic E-state index is 0.277. The Balaban J connectivity index is 2.48. The van der Waals surface area contributed by atoms with Gasteiger partial charge in [-0.15, -0.1) is 0 Å². The van der Waals surface area contributed by atoms with Crippen LogP contribution in [0.4, 0.5) is 0 Å². The van der Waals surface area contributed by atoms with Crippen molar-refractivity contribution >= 4 is 0 Å². The predicted octanol–water partition coefficient (Wildman–Crippen LogP) is 0.152. The lowest BCUT2D eigenvalue weighted by Crippen LogP contribution is -2.22. The Bertz CT molecular complexity index is 316. The van der Waals surface area contributed by atoms with Crippen LogP contribution in [0.15, 0.2) is 12.4 Å². The Kier molecular flexibility index (Phi) is 4.11. The molecule has 1 aromatic heterocycles. The van der Waals surface area contributed by atoms with Crippen LogP contribution < -0.4 is 0 Å². The van der Waals surface area contributed by atoms with Crippen LogP contribution >= 0.6 is 0 Å². The fraction of sp³-hybridized carbons (Fsp3) is 0.556. The monoisotopic (exact) mass is 195 g/mol. The molecule has 1 unspecified atom stereocenters. The van der Waals surface area contributed by atoms with Gasteiger partial charge in [0.05, 0.1) is 19.3 Å². The van der Waals surface area contributed by atoms with Crippen molar-refractivity contribution < 1.29 is 9.84 Å². The molecule has 0 saturated carbocycles. The highest BCUT2D eigenvalue weighted by molar-refractivity contribution is 5.11. The fourth-order valence-corrected chi connectivity index (χ4v) is 1.10. The first kappa shape index (κ1) is 10.7. The molecule has 1 aromatic rings. The van der Waals surface area contributed by atoms with E-state index in [2.05, 4.69) is 4.98 Å². The summed E-state index contributed by atoms with van der Waals surface area (Å²) >= 11 is 0. The number of imidazole rings is 1. The molecular formula is C9H13N3O2. The van der Waals surface area contributed by atoms with Crippen LogP contribution in [-0.2, 0) is 11.3 Å². The van der Waals surface area contributed by atoms with Crippen LogP contribution in [-0.4, -0.2) is 34.0 Å². The minimum Gasteiger partial charge on any atom is -0.389 e. The Hall–Kier alpha value is -1.38. The van der Waals surface area contributed by atoms with Gasteiger partial charge >= 0.3 is 0 Å². The van der Waals surface area contributed by atoms with Gasteiger partial charge in [-0.3, -0.25) is 0 Å². The molecule has 0 aliphatic rings. The number of ether oxygens (including phenoxy) is 1. The summed E-state index contributed by atoms with van der Waals surface area (Å²) in [7, 11) is 0. The highest BCUT2D eigenvalue weighted by atomic mass is 16.5. The normalized spacial score (nSPS) is 12.4. The third kappa shape index (κ3) is 2.83. The first-order valence-electron chi connectivity index (χ1n) is 4.45. The number of hydrogen-bond acceptors (Lipinski definition) is 4. The molecule has 14 heavy (non-hydrogen) atoms. The molecule has 0 aliphatic carbocycles. The lowest BCUT2D eigenvalue weighted by Gasteiger charge is -2.11. The molecule has 0 bridgehead atoms. The van der Waals surface area contributed by atoms with Crippen molar-refractivity contribution in [2.45, 2.75) is 19.6 Å². The predicted molar refractivity (Wildman–Crippen MR) is 49.4 cm³/mol. The van der Waals surface area contributed by atoms with Gasteiger partial charge in [0, 0.05) is 19.0 Å². The molecule has 0 amide bonds. The van der Waals surface area contributed by atoms with Gasteiger partial charge in [0.1, 0.15) is 6.07 Å². The molecule has 1 atom stereocenters. The van der Waals surface area contributed by atoms with Crippen molar-refractivity contribution in [2.75, 3.05) is 13.2 Å². The Morgan fingerprint density at radius 1 is 1.79 bits per heavy atom. The molecule has 1 rings (SSSR count). The van der Waals surface area contributed by atoms with Crippen LogP contribution in [0.25, 0.3) is 0 Å². The average molecular weight is 195 g/mol. The zero-order valence-corrected chi connectivity index (χ0v) is 8.05. The number of aromatic nitrogens is 2. The molecule has 0 radical (unpaired) electrons. The lowest BCUT2D eigenvalue weighted by atomic mass is 10.3. The second-order valence-electron chi connectivity index (χ2n) is 2.83. The largest absolute Gasteiger partial charge is 0.389 e. The van der Waals surface area contributed by atoms with E-state index in [0.29, 0.717) is 19.0 Å². The van der Waals surface area contributed by atoms with E-state index in [-0.39, 0.29) is 6.61 Å². The molecule has 0 aliphatic heterocycles. The van der Waals surface area contributed by atoms with Crippen LogP contribution in [0.3, 0.4) is 0 Å². The maximum atomic E-state index is 9.49. The van der Waals surface area contributed by atoms with Gasteiger partial charge in [-0.25, -0.2) is 4.98 Å². The Labute approximate surface area is 82.6 Å². The summed E-state index contributed by atoms with van der Waals surface area (Å²) in [6.07, 6.45) is 2.59. The molecule has 5 nitrogen and oxygen atoms in total. The van der Waals surface area contributed by atoms with Gasteiger partial charge in [0.2, 0.25) is 5.82 Å². The van der Waals surface area contributed by atoms with Crippen molar-refractivity contribution in [3.8, 4) is 6.07 Å². The summed E-state index contributed by atoms with van der Waals surface area (Å²) < 4.78 is 6.65. The van der Waals surface area contributed by atoms with E-state index in [1.807, 2.05) is 13.0 Å². The summed E-state index contributed by atoms with van der Waals surface area (Å²) in [4.78, 5) is 3.82. The summed E-state index contributed by atoms with van der Waals surface area (Å²) in [5.41, 5.74) is 0. The van der Waals surface area contributed by atoms with Gasteiger partial charge in [-0.05, 0) is 6.92 Å². The molecule has 0 saturated heterocycles. The van der Waals surface area contributed by atoms with Gasteiger partial charge < -0.3 is 14.4 Å². The Morgan fingerprint density at radius 3 is 3.21 bits per heavy atom. The molecular weight excluding hydrogens is 182 g/mol. The number of nitrogens with zero attached hydrogens (tertiary/aromatic N) is 3. The van der Waals surface area contributed by atoms with Gasteiger partial charge in [-0.1, -0.05) is 0 Å². The van der Waals surface area contributed by atoms with E-state index in [1.54, 1.807) is 10.8 Å². The van der Waals surface area contributed by atoms with E-state index < -0.39 is 6.10 Å². The van der Waals surface area contributed by atoms with E-state index in [0.717, 1.165) is 0 Å². The molecule has 5 heteroatoms. The summed E-state index contributed by atoms with van der Waals surface area (Å²) in [6.45, 7) is 3.05. The molecule has 76 valence electrons. The van der Waals surface area contributed by atoms with Crippen LogP contribution in [0.1, 0.15) is 12.7 Å².